The van der Waals surface area contributed by atoms with Gasteiger partial charge in [-0.25, -0.2) is 0 Å². The zero-order chi connectivity index (χ0) is 54.3. The Balaban J connectivity index is 4.08. The summed E-state index contributed by atoms with van der Waals surface area (Å²) in [6.07, 6.45) is 82.3. The van der Waals surface area contributed by atoms with Crippen LogP contribution in [0.1, 0.15) is 329 Å². The van der Waals surface area contributed by atoms with Crippen LogP contribution >= 0.6 is 0 Å². The Morgan fingerprint density at radius 3 is 0.813 bits per heavy atom. The van der Waals surface area contributed by atoms with E-state index in [4.69, 9.17) is 14.2 Å². The van der Waals surface area contributed by atoms with Gasteiger partial charge in [-0.1, -0.05) is 293 Å². The van der Waals surface area contributed by atoms with Crippen molar-refractivity contribution in [3.8, 4) is 0 Å². The van der Waals surface area contributed by atoms with Crippen molar-refractivity contribution in [3.63, 3.8) is 0 Å². The number of ether oxygens (including phenoxy) is 3. The Labute approximate surface area is 465 Å². The van der Waals surface area contributed by atoms with Crippen LogP contribution in [0.2, 0.25) is 0 Å². The highest BCUT2D eigenvalue weighted by Gasteiger charge is 2.19. The SMILES string of the molecule is CC/C=C\C/C=C\C/C=C\C/C=C\CCCCCCCCCCC(=O)OC(COC(=O)CCCCCCCCC)COC(=O)CCCCCCCCCCCCCCCCCCC/C=C\C/C=C\CCCCCCC. The maximum Gasteiger partial charge on any atom is 0.306 e. The van der Waals surface area contributed by atoms with Gasteiger partial charge in [0.1, 0.15) is 13.2 Å². The van der Waals surface area contributed by atoms with Crippen LogP contribution in [-0.2, 0) is 28.6 Å². The van der Waals surface area contributed by atoms with E-state index in [-0.39, 0.29) is 31.1 Å². The Bertz CT molecular complexity index is 1390. The molecule has 0 saturated heterocycles. The van der Waals surface area contributed by atoms with E-state index in [2.05, 4.69) is 93.7 Å². The zero-order valence-electron chi connectivity index (χ0n) is 49.8. The molecule has 0 saturated carbocycles. The Morgan fingerprint density at radius 2 is 0.520 bits per heavy atom. The highest BCUT2D eigenvalue weighted by molar-refractivity contribution is 5.71. The third-order valence-electron chi connectivity index (χ3n) is 14.2. The predicted molar refractivity (Wildman–Crippen MR) is 325 cm³/mol. The first-order valence-electron chi connectivity index (χ1n) is 32.4. The van der Waals surface area contributed by atoms with Crippen LogP contribution in [0.3, 0.4) is 0 Å². The normalized spacial score (nSPS) is 12.5. The predicted octanol–water partition coefficient (Wildman–Crippen LogP) is 22.1. The van der Waals surface area contributed by atoms with Gasteiger partial charge in [0.25, 0.3) is 0 Å². The summed E-state index contributed by atoms with van der Waals surface area (Å²) >= 11 is 0. The lowest BCUT2D eigenvalue weighted by Gasteiger charge is -2.18. The van der Waals surface area contributed by atoms with Crippen molar-refractivity contribution in [2.24, 2.45) is 0 Å². The average molecular weight is 1050 g/mol. The topological polar surface area (TPSA) is 78.9 Å². The van der Waals surface area contributed by atoms with Crippen molar-refractivity contribution >= 4 is 17.9 Å². The zero-order valence-corrected chi connectivity index (χ0v) is 49.8. The minimum atomic E-state index is -0.776. The molecule has 0 amide bonds. The summed E-state index contributed by atoms with van der Waals surface area (Å²) < 4.78 is 16.8. The number of unbranched alkanes of at least 4 members (excludes halogenated alkanes) is 36. The summed E-state index contributed by atoms with van der Waals surface area (Å²) in [4.78, 5) is 38.1. The van der Waals surface area contributed by atoms with Gasteiger partial charge in [-0.15, -0.1) is 0 Å². The monoisotopic (exact) mass is 1050 g/mol. The number of rotatable bonds is 59. The average Bonchev–Trinajstić information content (AvgIpc) is 3.41. The van der Waals surface area contributed by atoms with Gasteiger partial charge in [0.15, 0.2) is 6.10 Å². The standard InChI is InChI=1S/C69H122O6/c1-4-7-10-13-16-18-20-22-24-26-28-30-31-32-33-34-35-36-37-39-40-42-44-46-48-50-53-56-59-62-68(71)74-65-66(64-73-67(70)61-58-55-52-15-12-9-6-3)75-69(72)63-60-57-54-51-49-47-45-43-41-38-29-27-25-23-21-19-17-14-11-8-5-2/h8,11,17,19-20,22-23,25-26,28-29,38,66H,4-7,9-10,12-16,18,21,24,27,30-37,39-65H2,1-3H3/b11-8-,19-17-,22-20-,25-23-,28-26-,38-29-. The highest BCUT2D eigenvalue weighted by atomic mass is 16.6. The molecule has 0 aromatic heterocycles. The van der Waals surface area contributed by atoms with Gasteiger partial charge >= 0.3 is 17.9 Å². The van der Waals surface area contributed by atoms with Gasteiger partial charge in [0, 0.05) is 19.3 Å². The molecule has 1 atom stereocenters. The smallest absolute Gasteiger partial charge is 0.306 e. The van der Waals surface area contributed by atoms with Crippen LogP contribution in [0.15, 0.2) is 72.9 Å². The van der Waals surface area contributed by atoms with E-state index in [1.807, 2.05) is 0 Å². The first-order chi connectivity index (χ1) is 37.0. The van der Waals surface area contributed by atoms with Gasteiger partial charge < -0.3 is 14.2 Å². The minimum absolute atomic E-state index is 0.0755. The van der Waals surface area contributed by atoms with Crippen LogP contribution in [0, 0.1) is 0 Å². The van der Waals surface area contributed by atoms with Crippen LogP contribution in [0.25, 0.3) is 0 Å². The van der Waals surface area contributed by atoms with E-state index in [9.17, 15) is 14.4 Å². The lowest BCUT2D eigenvalue weighted by molar-refractivity contribution is -0.167. The fraction of sp³-hybridized carbons (Fsp3) is 0.783. The molecule has 1 unspecified atom stereocenters. The van der Waals surface area contributed by atoms with E-state index < -0.39 is 6.10 Å². The molecule has 6 heteroatoms. The molecule has 6 nitrogen and oxygen atoms in total. The van der Waals surface area contributed by atoms with Crippen molar-refractivity contribution < 1.29 is 28.6 Å². The minimum Gasteiger partial charge on any atom is -0.462 e. The number of allylic oxidation sites excluding steroid dienone is 12. The maximum atomic E-state index is 12.9. The van der Waals surface area contributed by atoms with E-state index >= 15 is 0 Å². The molecule has 0 spiro atoms. The van der Waals surface area contributed by atoms with E-state index in [1.165, 1.54) is 193 Å². The number of hydrogen-bond donors (Lipinski definition) is 0. The summed E-state index contributed by atoms with van der Waals surface area (Å²) in [5.41, 5.74) is 0. The maximum absolute atomic E-state index is 12.9. The summed E-state index contributed by atoms with van der Waals surface area (Å²) in [5.74, 6) is -0.877. The van der Waals surface area contributed by atoms with Crippen LogP contribution in [0.4, 0.5) is 0 Å². The second-order valence-corrected chi connectivity index (χ2v) is 21.6. The van der Waals surface area contributed by atoms with Crippen LogP contribution in [0.5, 0.6) is 0 Å². The lowest BCUT2D eigenvalue weighted by Crippen LogP contribution is -2.30. The molecule has 0 bridgehead atoms. The van der Waals surface area contributed by atoms with E-state index in [1.54, 1.807) is 0 Å². The van der Waals surface area contributed by atoms with E-state index in [0.717, 1.165) is 96.3 Å². The van der Waals surface area contributed by atoms with Gasteiger partial charge in [-0.05, 0) is 89.9 Å². The molecule has 0 aromatic carbocycles. The molecule has 0 fully saturated rings. The highest BCUT2D eigenvalue weighted by Crippen LogP contribution is 2.17. The van der Waals surface area contributed by atoms with Gasteiger partial charge in [-0.2, -0.15) is 0 Å². The summed E-state index contributed by atoms with van der Waals surface area (Å²) in [6.45, 7) is 6.50. The van der Waals surface area contributed by atoms with Crippen molar-refractivity contribution in [1.29, 1.82) is 0 Å². The van der Waals surface area contributed by atoms with Gasteiger partial charge in [0.05, 0.1) is 0 Å². The molecule has 75 heavy (non-hydrogen) atoms. The third kappa shape index (κ3) is 61.6. The summed E-state index contributed by atoms with van der Waals surface area (Å²) in [6, 6.07) is 0. The lowest BCUT2D eigenvalue weighted by atomic mass is 10.0. The second-order valence-electron chi connectivity index (χ2n) is 21.6. The molecule has 0 heterocycles. The first-order valence-corrected chi connectivity index (χ1v) is 32.4. The Hall–Kier alpha value is -3.15. The van der Waals surface area contributed by atoms with Crippen LogP contribution in [-0.4, -0.2) is 37.2 Å². The fourth-order valence-corrected chi connectivity index (χ4v) is 9.35. The van der Waals surface area contributed by atoms with Crippen molar-refractivity contribution in [3.05, 3.63) is 72.9 Å². The molecule has 0 radical (unpaired) electrons. The molecule has 0 aliphatic heterocycles. The Morgan fingerprint density at radius 1 is 0.280 bits per heavy atom. The number of carbonyl (C=O) groups is 3. The van der Waals surface area contributed by atoms with E-state index in [0.29, 0.717) is 19.3 Å². The third-order valence-corrected chi connectivity index (χ3v) is 14.2. The first kappa shape index (κ1) is 71.8. The number of carbonyl (C=O) groups excluding carboxylic acids is 3. The van der Waals surface area contributed by atoms with Crippen molar-refractivity contribution in [1.82, 2.24) is 0 Å². The fourth-order valence-electron chi connectivity index (χ4n) is 9.35. The largest absolute Gasteiger partial charge is 0.462 e. The molecule has 0 aliphatic carbocycles. The quantitative estimate of drug-likeness (QED) is 0.0261. The molecule has 0 aromatic rings. The number of hydrogen-bond acceptors (Lipinski definition) is 6. The summed E-state index contributed by atoms with van der Waals surface area (Å²) in [5, 5.41) is 0. The molecule has 434 valence electrons. The Kier molecular flexibility index (Phi) is 60.7. The van der Waals surface area contributed by atoms with Crippen molar-refractivity contribution in [2.45, 2.75) is 335 Å². The molecular weight excluding hydrogens is 925 g/mol. The molecule has 0 N–H and O–H groups in total. The summed E-state index contributed by atoms with van der Waals surface area (Å²) in [7, 11) is 0. The second kappa shape index (κ2) is 63.4. The molecular formula is C69H122O6. The van der Waals surface area contributed by atoms with Crippen molar-refractivity contribution in [2.75, 3.05) is 13.2 Å². The van der Waals surface area contributed by atoms with Crippen LogP contribution < -0.4 is 0 Å². The van der Waals surface area contributed by atoms with Gasteiger partial charge in [0.2, 0.25) is 0 Å². The molecule has 0 aliphatic rings. The molecule has 0 rings (SSSR count). The van der Waals surface area contributed by atoms with Gasteiger partial charge in [-0.3, -0.25) is 14.4 Å². The number of esters is 3.